The van der Waals surface area contributed by atoms with Crippen LogP contribution in [0.5, 0.6) is 0 Å². The molecule has 194 valence electrons. The van der Waals surface area contributed by atoms with Crippen LogP contribution < -0.4 is 10.2 Å². The van der Waals surface area contributed by atoms with Crippen molar-refractivity contribution in [3.8, 4) is 0 Å². The number of carbonyl (C=O) groups is 2. The molecule has 2 aliphatic heterocycles. The number of hydrogen-bond acceptors (Lipinski definition) is 6. The molecule has 0 aromatic heterocycles. The van der Waals surface area contributed by atoms with E-state index in [4.69, 9.17) is 16.3 Å². The van der Waals surface area contributed by atoms with Crippen molar-refractivity contribution < 1.29 is 29.3 Å². The Labute approximate surface area is 217 Å². The van der Waals surface area contributed by atoms with E-state index in [0.717, 1.165) is 5.56 Å². The number of rotatable bonds is 7. The molecule has 2 aromatic carbocycles. The predicted molar refractivity (Wildman–Crippen MR) is 140 cm³/mol. The molecular weight excluding hydrogens is 500 g/mol. The maximum Gasteiger partial charge on any atom is 0.264 e. The highest BCUT2D eigenvalue weighted by Gasteiger charge is 2.66. The molecule has 2 aromatic rings. The van der Waals surface area contributed by atoms with E-state index < -0.39 is 32.0 Å². The lowest BCUT2D eigenvalue weighted by Crippen LogP contribution is -2.46. The number of nitrogens with one attached hydrogen (secondary N) is 1. The van der Waals surface area contributed by atoms with Gasteiger partial charge in [0.15, 0.2) is 13.9 Å². The molecule has 0 unspecified atom stereocenters. The number of anilines is 2. The smallest absolute Gasteiger partial charge is 0.264 e. The molecule has 0 aliphatic carbocycles. The van der Waals surface area contributed by atoms with Gasteiger partial charge in [0, 0.05) is 34.3 Å². The maximum absolute atomic E-state index is 14.2. The minimum atomic E-state index is -2.76. The Hall–Kier alpha value is -2.27. The van der Waals surface area contributed by atoms with Crippen molar-refractivity contribution in [3.05, 3.63) is 58.6 Å². The van der Waals surface area contributed by atoms with Crippen LogP contribution in [0.25, 0.3) is 0 Å². The number of aliphatic hydroxyl groups excluding tert-OH is 2. The standard InChI is InChI=1S/C26H33ClN2O6Si/c1-15-23(36(3,4)34)22(11-12-30)35-26(15)20-13-18(27)7-10-21(20)29(25(26)33)14-17-5-8-19(9-6-17)28-24(32)16(2)31/h5-10,13,15-16,22-23,30-31,34H,11-12,14H2,1-4H3,(H,28,32)/t15-,16+,22+,23-,26+/m1/s1. The number of ether oxygens (including phenoxy) is 1. The molecule has 1 fully saturated rings. The molecule has 2 amide bonds. The topological polar surface area (TPSA) is 119 Å². The lowest BCUT2D eigenvalue weighted by Gasteiger charge is -2.32. The van der Waals surface area contributed by atoms with Gasteiger partial charge in [-0.25, -0.2) is 0 Å². The quantitative estimate of drug-likeness (QED) is 0.406. The van der Waals surface area contributed by atoms with Gasteiger partial charge in [0.1, 0.15) is 6.10 Å². The number of nitrogens with zero attached hydrogens (tertiary/aromatic N) is 1. The van der Waals surface area contributed by atoms with Crippen molar-refractivity contribution in [2.24, 2.45) is 5.92 Å². The zero-order valence-electron chi connectivity index (χ0n) is 20.9. The van der Waals surface area contributed by atoms with Gasteiger partial charge < -0.3 is 30.0 Å². The van der Waals surface area contributed by atoms with Gasteiger partial charge in [0.05, 0.1) is 18.3 Å². The molecule has 5 atom stereocenters. The highest BCUT2D eigenvalue weighted by molar-refractivity contribution is 6.71. The van der Waals surface area contributed by atoms with E-state index in [-0.39, 0.29) is 30.5 Å². The number of fused-ring (bicyclic) bond motifs is 2. The molecule has 1 spiro atoms. The van der Waals surface area contributed by atoms with Crippen LogP contribution >= 0.6 is 11.6 Å². The SMILES string of the molecule is C[C@H](O)C(=O)Nc1ccc(CN2C(=O)[C@@]3(O[C@@H](CCO)[C@H]([Si](C)(C)O)[C@H]3C)c3cc(Cl)ccc32)cc1. The van der Waals surface area contributed by atoms with Crippen molar-refractivity contribution in [2.75, 3.05) is 16.8 Å². The summed E-state index contributed by atoms with van der Waals surface area (Å²) in [6.07, 6.45) is -1.24. The summed E-state index contributed by atoms with van der Waals surface area (Å²) in [6.45, 7) is 7.19. The first kappa shape index (κ1) is 26.8. The van der Waals surface area contributed by atoms with Crippen LogP contribution in [-0.2, 0) is 26.5 Å². The van der Waals surface area contributed by atoms with Crippen LogP contribution in [-0.4, -0.2) is 54.0 Å². The van der Waals surface area contributed by atoms with Crippen LogP contribution in [0.1, 0.15) is 31.4 Å². The van der Waals surface area contributed by atoms with Gasteiger partial charge in [-0.2, -0.15) is 0 Å². The van der Waals surface area contributed by atoms with Crippen molar-refractivity contribution in [1.29, 1.82) is 0 Å². The van der Waals surface area contributed by atoms with Crippen molar-refractivity contribution >= 4 is 43.1 Å². The van der Waals surface area contributed by atoms with Gasteiger partial charge in [-0.3, -0.25) is 9.59 Å². The van der Waals surface area contributed by atoms with E-state index in [1.807, 2.05) is 38.2 Å². The van der Waals surface area contributed by atoms with E-state index in [1.165, 1.54) is 6.92 Å². The molecule has 0 radical (unpaired) electrons. The lowest BCUT2D eigenvalue weighted by molar-refractivity contribution is -0.146. The number of aliphatic hydroxyl groups is 2. The average molecular weight is 533 g/mol. The van der Waals surface area contributed by atoms with Crippen LogP contribution in [0.2, 0.25) is 23.7 Å². The molecule has 0 saturated carbocycles. The molecule has 4 rings (SSSR count). The fourth-order valence-electron chi connectivity index (χ4n) is 5.73. The number of carbonyl (C=O) groups excluding carboxylic acids is 2. The van der Waals surface area contributed by atoms with Gasteiger partial charge in [0.25, 0.3) is 11.8 Å². The number of halogens is 1. The first-order chi connectivity index (χ1) is 16.9. The average Bonchev–Trinajstić information content (AvgIpc) is 3.22. The summed E-state index contributed by atoms with van der Waals surface area (Å²) in [5.41, 5.74) is 1.20. The summed E-state index contributed by atoms with van der Waals surface area (Å²) >= 11 is 6.37. The molecule has 4 N–H and O–H groups in total. The van der Waals surface area contributed by atoms with Crippen LogP contribution in [0, 0.1) is 5.92 Å². The maximum atomic E-state index is 14.2. The second-order valence-electron chi connectivity index (χ2n) is 10.3. The molecule has 2 heterocycles. The summed E-state index contributed by atoms with van der Waals surface area (Å²) in [5.74, 6) is -1.05. The largest absolute Gasteiger partial charge is 0.432 e. The Bertz CT molecular complexity index is 1150. The predicted octanol–water partition coefficient (Wildman–Crippen LogP) is 3.39. The molecule has 36 heavy (non-hydrogen) atoms. The molecule has 0 bridgehead atoms. The summed E-state index contributed by atoms with van der Waals surface area (Å²) in [7, 11) is -2.76. The zero-order chi connectivity index (χ0) is 26.4. The second kappa shape index (κ2) is 9.89. The minimum absolute atomic E-state index is 0.104. The molecule has 2 aliphatic rings. The van der Waals surface area contributed by atoms with E-state index in [9.17, 15) is 24.6 Å². The van der Waals surface area contributed by atoms with Gasteiger partial charge in [-0.1, -0.05) is 30.7 Å². The summed E-state index contributed by atoms with van der Waals surface area (Å²) in [6, 6.07) is 12.4. The third kappa shape index (κ3) is 4.60. The Balaban J connectivity index is 1.69. The van der Waals surface area contributed by atoms with Gasteiger partial charge in [-0.15, -0.1) is 0 Å². The zero-order valence-corrected chi connectivity index (χ0v) is 22.6. The minimum Gasteiger partial charge on any atom is -0.432 e. The normalized spacial score (nSPS) is 26.4. The third-order valence-corrected chi connectivity index (χ3v) is 10.0. The van der Waals surface area contributed by atoms with E-state index in [0.29, 0.717) is 28.4 Å². The number of hydrogen-bond donors (Lipinski definition) is 4. The molecule has 8 nitrogen and oxygen atoms in total. The van der Waals surface area contributed by atoms with E-state index >= 15 is 0 Å². The first-order valence-corrected chi connectivity index (χ1v) is 15.5. The summed E-state index contributed by atoms with van der Waals surface area (Å²) in [5, 5.41) is 22.2. The van der Waals surface area contributed by atoms with Crippen LogP contribution in [0.4, 0.5) is 11.4 Å². The van der Waals surface area contributed by atoms with Crippen LogP contribution in [0.3, 0.4) is 0 Å². The molecule has 10 heteroatoms. The van der Waals surface area contributed by atoms with Gasteiger partial charge >= 0.3 is 0 Å². The van der Waals surface area contributed by atoms with Crippen LogP contribution in [0.15, 0.2) is 42.5 Å². The van der Waals surface area contributed by atoms with Gasteiger partial charge in [-0.05, 0) is 62.3 Å². The van der Waals surface area contributed by atoms with Crippen molar-refractivity contribution in [1.82, 2.24) is 0 Å². The molecular formula is C26H33ClN2O6Si. The highest BCUT2D eigenvalue weighted by Crippen LogP contribution is 2.60. The Morgan fingerprint density at radius 3 is 2.50 bits per heavy atom. The Morgan fingerprint density at radius 1 is 1.25 bits per heavy atom. The van der Waals surface area contributed by atoms with Crippen molar-refractivity contribution in [3.63, 3.8) is 0 Å². The summed E-state index contributed by atoms with van der Waals surface area (Å²) in [4.78, 5) is 38.7. The highest BCUT2D eigenvalue weighted by atomic mass is 35.5. The third-order valence-electron chi connectivity index (χ3n) is 7.30. The molecule has 1 saturated heterocycles. The number of amides is 2. The van der Waals surface area contributed by atoms with Gasteiger partial charge in [0.2, 0.25) is 0 Å². The fraction of sp³-hybridized carbons (Fsp3) is 0.462. The van der Waals surface area contributed by atoms with E-state index in [1.54, 1.807) is 29.2 Å². The Morgan fingerprint density at radius 2 is 1.92 bits per heavy atom. The van der Waals surface area contributed by atoms with E-state index in [2.05, 4.69) is 5.32 Å². The second-order valence-corrected chi connectivity index (χ2v) is 14.7. The Kier molecular flexibility index (Phi) is 7.35. The number of benzene rings is 2. The van der Waals surface area contributed by atoms with Crippen molar-refractivity contribution in [2.45, 2.75) is 63.3 Å². The lowest BCUT2D eigenvalue weighted by atomic mass is 9.82. The fourth-order valence-corrected chi connectivity index (χ4v) is 8.50. The monoisotopic (exact) mass is 532 g/mol. The summed E-state index contributed by atoms with van der Waals surface area (Å²) < 4.78 is 6.54. The first-order valence-electron chi connectivity index (χ1n) is 12.1.